The standard InChI is InChI=1S/C31H35IN3O11P/c1-3-22(28(39)43-17-19-10-6-5-7-11-19)34-47(41,46-23-13-9-8-12-20(23)27(38)42-4-2)44-18-24-25(36)31(14-15-31)29(45-24)35-16-21(32)26(37)33-30(35)40/h5-13,16,22,24-25,29,36H,3-4,14-15,17-18H2,1-2H3,(H,34,41)(H,33,37,40)/t22-,24+,25+,29+,47?/m0/s1. The highest BCUT2D eigenvalue weighted by molar-refractivity contribution is 14.1. The number of carbonyl (C=O) groups is 2. The molecular weight excluding hydrogens is 748 g/mol. The Hall–Kier alpha value is -3.34. The first-order valence-electron chi connectivity index (χ1n) is 15.0. The van der Waals surface area contributed by atoms with Crippen LogP contribution in [-0.2, 0) is 34.7 Å². The van der Waals surface area contributed by atoms with Gasteiger partial charge in [-0.1, -0.05) is 49.4 Å². The fourth-order valence-electron chi connectivity index (χ4n) is 5.33. The van der Waals surface area contributed by atoms with Crippen LogP contribution in [0.2, 0.25) is 0 Å². The van der Waals surface area contributed by atoms with Gasteiger partial charge in [-0.15, -0.1) is 0 Å². The first kappa shape index (κ1) is 35.0. The fourth-order valence-corrected chi connectivity index (χ4v) is 7.38. The molecular formula is C31H35IN3O11P. The van der Waals surface area contributed by atoms with Crippen LogP contribution in [0.3, 0.4) is 0 Å². The zero-order valence-electron chi connectivity index (χ0n) is 25.6. The number of para-hydroxylation sites is 1. The predicted molar refractivity (Wildman–Crippen MR) is 176 cm³/mol. The van der Waals surface area contributed by atoms with Gasteiger partial charge in [-0.3, -0.25) is 23.7 Å². The van der Waals surface area contributed by atoms with E-state index in [1.165, 1.54) is 22.9 Å². The molecule has 14 nitrogen and oxygen atoms in total. The summed E-state index contributed by atoms with van der Waals surface area (Å²) in [5, 5.41) is 14.0. The SMILES string of the molecule is CCOC(=O)c1ccccc1OP(=O)(N[C@@H](CC)C(=O)OCc1ccccc1)OC[C@H]1O[C@@H](n2cc(I)c(=O)[nH]c2=O)C2(CC2)[C@@H]1O. The first-order valence-corrected chi connectivity index (χ1v) is 17.7. The third-order valence-electron chi connectivity index (χ3n) is 7.98. The fraction of sp³-hybridized carbons (Fsp3) is 0.419. The Balaban J connectivity index is 1.39. The zero-order chi connectivity index (χ0) is 33.8. The van der Waals surface area contributed by atoms with Gasteiger partial charge < -0.3 is 23.8 Å². The van der Waals surface area contributed by atoms with Crippen molar-refractivity contribution in [2.75, 3.05) is 13.2 Å². The normalized spacial score (nSPS) is 21.5. The van der Waals surface area contributed by atoms with Gasteiger partial charge in [-0.05, 0) is 66.5 Å². The lowest BCUT2D eigenvalue weighted by Gasteiger charge is -2.26. The number of benzene rings is 2. The van der Waals surface area contributed by atoms with Crippen LogP contribution in [0.5, 0.6) is 5.75 Å². The largest absolute Gasteiger partial charge is 0.462 e. The van der Waals surface area contributed by atoms with Gasteiger partial charge in [0.15, 0.2) is 0 Å². The number of esters is 2. The van der Waals surface area contributed by atoms with Gasteiger partial charge in [0.2, 0.25) is 0 Å². The van der Waals surface area contributed by atoms with Gasteiger partial charge >= 0.3 is 25.4 Å². The third kappa shape index (κ3) is 7.87. The molecule has 1 spiro atoms. The quantitative estimate of drug-likeness (QED) is 0.123. The molecule has 5 atom stereocenters. The molecule has 3 aromatic rings. The van der Waals surface area contributed by atoms with E-state index < -0.39 is 67.4 Å². The molecule has 1 aliphatic carbocycles. The molecule has 0 amide bonds. The summed E-state index contributed by atoms with van der Waals surface area (Å²) in [7, 11) is -4.53. The van der Waals surface area contributed by atoms with Crippen LogP contribution >= 0.6 is 30.3 Å². The molecule has 1 saturated heterocycles. The molecule has 1 saturated carbocycles. The maximum absolute atomic E-state index is 14.4. The molecule has 252 valence electrons. The Labute approximate surface area is 283 Å². The van der Waals surface area contributed by atoms with E-state index in [1.807, 2.05) is 6.07 Å². The lowest BCUT2D eigenvalue weighted by Crippen LogP contribution is -2.38. The summed E-state index contributed by atoms with van der Waals surface area (Å²) in [4.78, 5) is 52.6. The van der Waals surface area contributed by atoms with Crippen LogP contribution in [0.1, 0.15) is 55.3 Å². The predicted octanol–water partition coefficient (Wildman–Crippen LogP) is 3.67. The molecule has 0 radical (unpaired) electrons. The maximum Gasteiger partial charge on any atom is 0.459 e. The number of aromatic nitrogens is 2. The second-order valence-corrected chi connectivity index (χ2v) is 14.0. The van der Waals surface area contributed by atoms with Crippen molar-refractivity contribution in [3.8, 4) is 5.75 Å². The molecule has 2 aromatic carbocycles. The smallest absolute Gasteiger partial charge is 0.459 e. The lowest BCUT2D eigenvalue weighted by atomic mass is 9.96. The van der Waals surface area contributed by atoms with Gasteiger partial charge in [-0.25, -0.2) is 14.2 Å². The van der Waals surface area contributed by atoms with E-state index in [-0.39, 0.29) is 34.5 Å². The number of ether oxygens (including phenoxy) is 3. The summed E-state index contributed by atoms with van der Waals surface area (Å²) >= 11 is 1.80. The van der Waals surface area contributed by atoms with Crippen LogP contribution < -0.4 is 20.9 Å². The average molecular weight is 784 g/mol. The minimum absolute atomic E-state index is 0.0236. The highest BCUT2D eigenvalue weighted by atomic mass is 127. The number of aliphatic hydroxyl groups excluding tert-OH is 1. The minimum Gasteiger partial charge on any atom is -0.462 e. The molecule has 2 aliphatic rings. The van der Waals surface area contributed by atoms with Crippen molar-refractivity contribution in [3.05, 3.63) is 96.3 Å². The van der Waals surface area contributed by atoms with Crippen LogP contribution in [0.15, 0.2) is 70.4 Å². The van der Waals surface area contributed by atoms with Crippen LogP contribution in [0.25, 0.3) is 0 Å². The second-order valence-electron chi connectivity index (χ2n) is 11.1. The first-order chi connectivity index (χ1) is 22.5. The van der Waals surface area contributed by atoms with Gasteiger partial charge in [0.25, 0.3) is 5.56 Å². The lowest BCUT2D eigenvalue weighted by molar-refractivity contribution is -0.147. The summed E-state index contributed by atoms with van der Waals surface area (Å²) in [5.74, 6) is -1.57. The van der Waals surface area contributed by atoms with Crippen LogP contribution in [0, 0.1) is 8.99 Å². The van der Waals surface area contributed by atoms with Crippen LogP contribution in [-0.4, -0.2) is 58.1 Å². The number of aromatic amines is 1. The van der Waals surface area contributed by atoms with E-state index in [0.29, 0.717) is 12.8 Å². The van der Waals surface area contributed by atoms with E-state index >= 15 is 0 Å². The van der Waals surface area contributed by atoms with Gasteiger partial charge in [0.1, 0.15) is 36.3 Å². The molecule has 1 unspecified atom stereocenters. The molecule has 2 heterocycles. The van der Waals surface area contributed by atoms with Crippen molar-refractivity contribution in [1.82, 2.24) is 14.6 Å². The van der Waals surface area contributed by atoms with E-state index in [1.54, 1.807) is 72.8 Å². The van der Waals surface area contributed by atoms with E-state index in [0.717, 1.165) is 5.56 Å². The average Bonchev–Trinajstić information content (AvgIpc) is 3.82. The Kier molecular flexibility index (Phi) is 11.0. The number of nitrogens with one attached hydrogen (secondary N) is 2. The minimum atomic E-state index is -4.53. The van der Waals surface area contributed by atoms with E-state index in [4.69, 9.17) is 23.3 Å². The molecule has 1 aromatic heterocycles. The molecule has 3 N–H and O–H groups in total. The van der Waals surface area contributed by atoms with Crippen molar-refractivity contribution < 1.29 is 42.5 Å². The summed E-state index contributed by atoms with van der Waals surface area (Å²) in [6.07, 6.45) is -0.602. The van der Waals surface area contributed by atoms with Crippen LogP contribution in [0.4, 0.5) is 0 Å². The van der Waals surface area contributed by atoms with Crippen molar-refractivity contribution in [2.45, 2.75) is 64.2 Å². The number of nitrogens with zero attached hydrogens (tertiary/aromatic N) is 1. The van der Waals surface area contributed by atoms with Crippen molar-refractivity contribution in [2.24, 2.45) is 5.41 Å². The highest BCUT2D eigenvalue weighted by Gasteiger charge is 2.64. The monoisotopic (exact) mass is 783 g/mol. The summed E-state index contributed by atoms with van der Waals surface area (Å²) in [5.41, 5.74) is -1.36. The maximum atomic E-state index is 14.4. The van der Waals surface area contributed by atoms with Crippen molar-refractivity contribution in [3.63, 3.8) is 0 Å². The number of hydrogen-bond acceptors (Lipinski definition) is 11. The summed E-state index contributed by atoms with van der Waals surface area (Å²) in [6, 6.07) is 13.8. The third-order valence-corrected chi connectivity index (χ3v) is 10.3. The van der Waals surface area contributed by atoms with Crippen molar-refractivity contribution >= 4 is 42.3 Å². The Morgan fingerprint density at radius 3 is 2.51 bits per heavy atom. The summed E-state index contributed by atoms with van der Waals surface area (Å²) in [6.45, 7) is 2.88. The Morgan fingerprint density at radius 2 is 1.83 bits per heavy atom. The second kappa shape index (κ2) is 14.8. The zero-order valence-corrected chi connectivity index (χ0v) is 28.7. The van der Waals surface area contributed by atoms with Gasteiger partial charge in [0.05, 0.1) is 22.9 Å². The van der Waals surface area contributed by atoms with Gasteiger partial charge in [0, 0.05) is 11.6 Å². The molecule has 47 heavy (non-hydrogen) atoms. The number of hydrogen-bond donors (Lipinski definition) is 3. The summed E-state index contributed by atoms with van der Waals surface area (Å²) < 4.78 is 44.3. The molecule has 5 rings (SSSR count). The van der Waals surface area contributed by atoms with E-state index in [9.17, 15) is 28.8 Å². The van der Waals surface area contributed by atoms with E-state index in [2.05, 4.69) is 10.1 Å². The van der Waals surface area contributed by atoms with Gasteiger partial charge in [-0.2, -0.15) is 5.09 Å². The molecule has 1 aliphatic heterocycles. The molecule has 0 bridgehead atoms. The highest BCUT2D eigenvalue weighted by Crippen LogP contribution is 2.62. The number of aliphatic hydroxyl groups is 1. The molecule has 16 heteroatoms. The Morgan fingerprint density at radius 1 is 1.13 bits per heavy atom. The molecule has 2 fully saturated rings. The topological polar surface area (TPSA) is 184 Å². The number of carbonyl (C=O) groups excluding carboxylic acids is 2. The Bertz CT molecular complexity index is 1760. The van der Waals surface area contributed by atoms with Crippen molar-refractivity contribution in [1.29, 1.82) is 0 Å². The number of rotatable bonds is 14. The number of H-pyrrole nitrogens is 1. The number of halogens is 1.